The van der Waals surface area contributed by atoms with E-state index in [9.17, 15) is 4.39 Å². The van der Waals surface area contributed by atoms with E-state index in [1.54, 1.807) is 12.1 Å². The fraction of sp³-hybridized carbons (Fsp3) is 0.333. The van der Waals surface area contributed by atoms with Crippen LogP contribution < -0.4 is 5.32 Å². The van der Waals surface area contributed by atoms with Gasteiger partial charge in [-0.3, -0.25) is 0 Å². The molecule has 1 aromatic carbocycles. The minimum Gasteiger partial charge on any atom is -0.376 e. The highest BCUT2D eigenvalue weighted by atomic mass is 35.5. The second kappa shape index (κ2) is 4.67. The fourth-order valence-electron chi connectivity index (χ4n) is 1.74. The molecule has 0 amide bonds. The first-order chi connectivity index (χ1) is 7.25. The maximum Gasteiger partial charge on any atom is 0.146 e. The normalized spacial score (nSPS) is 20.3. The van der Waals surface area contributed by atoms with Crippen LogP contribution in [0.1, 0.15) is 19.3 Å². The molecule has 0 saturated heterocycles. The predicted octanol–water partition coefficient (Wildman–Crippen LogP) is 4.00. The maximum absolute atomic E-state index is 13.4. The average molecular weight is 226 g/mol. The minimum absolute atomic E-state index is 0.228. The van der Waals surface area contributed by atoms with Crippen molar-refractivity contribution in [1.82, 2.24) is 0 Å². The van der Waals surface area contributed by atoms with Crippen molar-refractivity contribution in [1.29, 1.82) is 0 Å². The Labute approximate surface area is 93.9 Å². The van der Waals surface area contributed by atoms with E-state index in [4.69, 9.17) is 11.6 Å². The molecule has 2 rings (SSSR count). The molecule has 0 saturated carbocycles. The number of hydrogen-bond acceptors (Lipinski definition) is 1. The van der Waals surface area contributed by atoms with Crippen LogP contribution in [0.3, 0.4) is 0 Å². The van der Waals surface area contributed by atoms with Crippen LogP contribution in [0.2, 0.25) is 5.02 Å². The van der Waals surface area contributed by atoms with Crippen molar-refractivity contribution in [2.45, 2.75) is 25.3 Å². The third-order valence-corrected chi connectivity index (χ3v) is 2.76. The summed E-state index contributed by atoms with van der Waals surface area (Å²) < 4.78 is 13.4. The third kappa shape index (κ3) is 2.72. The average Bonchev–Trinajstić information content (AvgIpc) is 2.25. The second-order valence-electron chi connectivity index (χ2n) is 3.73. The maximum atomic E-state index is 13.4. The van der Waals surface area contributed by atoms with E-state index in [0.29, 0.717) is 10.7 Å². The van der Waals surface area contributed by atoms with Crippen molar-refractivity contribution in [3.05, 3.63) is 41.2 Å². The first-order valence-electron chi connectivity index (χ1n) is 5.14. The minimum atomic E-state index is -0.252. The zero-order valence-electron chi connectivity index (χ0n) is 8.34. The summed E-state index contributed by atoms with van der Waals surface area (Å²) in [4.78, 5) is 0. The van der Waals surface area contributed by atoms with Gasteiger partial charge in [0.05, 0.1) is 5.69 Å². The number of anilines is 1. The molecule has 0 bridgehead atoms. The molecule has 0 fully saturated rings. The van der Waals surface area contributed by atoms with E-state index in [1.165, 1.54) is 6.07 Å². The largest absolute Gasteiger partial charge is 0.376 e. The van der Waals surface area contributed by atoms with Gasteiger partial charge in [0.2, 0.25) is 0 Å². The summed E-state index contributed by atoms with van der Waals surface area (Å²) in [6, 6.07) is 4.79. The van der Waals surface area contributed by atoms with Crippen LogP contribution in [0.25, 0.3) is 0 Å². The molecule has 15 heavy (non-hydrogen) atoms. The molecule has 1 atom stereocenters. The van der Waals surface area contributed by atoms with E-state index in [0.717, 1.165) is 19.3 Å². The van der Waals surface area contributed by atoms with Gasteiger partial charge in [0.1, 0.15) is 5.82 Å². The van der Waals surface area contributed by atoms with Crippen molar-refractivity contribution in [3.63, 3.8) is 0 Å². The Bertz CT molecular complexity index is 376. The monoisotopic (exact) mass is 225 g/mol. The van der Waals surface area contributed by atoms with Crippen molar-refractivity contribution >= 4 is 17.3 Å². The summed E-state index contributed by atoms with van der Waals surface area (Å²) >= 11 is 5.81. The molecule has 0 heterocycles. The first kappa shape index (κ1) is 10.5. The van der Waals surface area contributed by atoms with Crippen LogP contribution in [0, 0.1) is 5.82 Å². The molecule has 1 unspecified atom stereocenters. The van der Waals surface area contributed by atoms with Crippen LogP contribution in [0.5, 0.6) is 0 Å². The van der Waals surface area contributed by atoms with Gasteiger partial charge in [0.15, 0.2) is 0 Å². The molecule has 1 aliphatic carbocycles. The van der Waals surface area contributed by atoms with Crippen LogP contribution in [0.15, 0.2) is 30.4 Å². The standard InChI is InChI=1S/C12H13ClFN/c13-9-6-7-11(14)12(8-9)15-10-4-2-1-3-5-10/h2,4,6-8,10,15H,1,3,5H2. The summed E-state index contributed by atoms with van der Waals surface area (Å²) in [5.74, 6) is -0.252. The molecular formula is C12H13ClFN. The number of halogens is 2. The third-order valence-electron chi connectivity index (χ3n) is 2.52. The van der Waals surface area contributed by atoms with Crippen molar-refractivity contribution in [2.24, 2.45) is 0 Å². The predicted molar refractivity (Wildman–Crippen MR) is 61.8 cm³/mol. The smallest absolute Gasteiger partial charge is 0.146 e. The summed E-state index contributed by atoms with van der Waals surface area (Å²) in [6.07, 6.45) is 7.53. The van der Waals surface area contributed by atoms with Gasteiger partial charge in [-0.1, -0.05) is 23.8 Å². The van der Waals surface area contributed by atoms with E-state index in [-0.39, 0.29) is 11.9 Å². The fourth-order valence-corrected chi connectivity index (χ4v) is 1.91. The molecule has 0 radical (unpaired) electrons. The zero-order chi connectivity index (χ0) is 10.7. The van der Waals surface area contributed by atoms with Gasteiger partial charge in [-0.2, -0.15) is 0 Å². The Morgan fingerprint density at radius 2 is 2.27 bits per heavy atom. The Balaban J connectivity index is 2.12. The van der Waals surface area contributed by atoms with Gasteiger partial charge >= 0.3 is 0 Å². The van der Waals surface area contributed by atoms with Crippen LogP contribution >= 0.6 is 11.6 Å². The lowest BCUT2D eigenvalue weighted by molar-refractivity contribution is 0.620. The summed E-state index contributed by atoms with van der Waals surface area (Å²) in [7, 11) is 0. The van der Waals surface area contributed by atoms with Crippen molar-refractivity contribution in [3.8, 4) is 0 Å². The number of allylic oxidation sites excluding steroid dienone is 1. The lowest BCUT2D eigenvalue weighted by Gasteiger charge is -2.19. The molecule has 0 aliphatic heterocycles. The lowest BCUT2D eigenvalue weighted by atomic mass is 10.0. The van der Waals surface area contributed by atoms with Crippen molar-refractivity contribution in [2.75, 3.05) is 5.32 Å². The SMILES string of the molecule is Fc1ccc(Cl)cc1NC1C=CCCC1. The summed E-state index contributed by atoms with van der Waals surface area (Å²) in [5.41, 5.74) is 0.485. The highest BCUT2D eigenvalue weighted by Gasteiger charge is 2.10. The topological polar surface area (TPSA) is 12.0 Å². The molecule has 0 spiro atoms. The molecule has 0 aromatic heterocycles. The summed E-state index contributed by atoms with van der Waals surface area (Å²) in [6.45, 7) is 0. The lowest BCUT2D eigenvalue weighted by Crippen LogP contribution is -2.19. The number of benzene rings is 1. The number of hydrogen-bond donors (Lipinski definition) is 1. The van der Waals surface area contributed by atoms with Gasteiger partial charge in [-0.05, 0) is 37.5 Å². The van der Waals surface area contributed by atoms with E-state index in [2.05, 4.69) is 17.5 Å². The Morgan fingerprint density at radius 3 is 3.00 bits per heavy atom. The first-order valence-corrected chi connectivity index (χ1v) is 5.52. The second-order valence-corrected chi connectivity index (χ2v) is 4.17. The number of rotatable bonds is 2. The van der Waals surface area contributed by atoms with E-state index >= 15 is 0 Å². The van der Waals surface area contributed by atoms with Gasteiger partial charge in [-0.15, -0.1) is 0 Å². The molecule has 1 nitrogen and oxygen atoms in total. The molecule has 3 heteroatoms. The van der Waals surface area contributed by atoms with Gasteiger partial charge in [0.25, 0.3) is 0 Å². The van der Waals surface area contributed by atoms with E-state index in [1.807, 2.05) is 0 Å². The molecular weight excluding hydrogens is 213 g/mol. The molecule has 1 aromatic rings. The Hall–Kier alpha value is -1.02. The number of nitrogens with one attached hydrogen (secondary N) is 1. The Kier molecular flexibility index (Phi) is 3.27. The van der Waals surface area contributed by atoms with Gasteiger partial charge in [-0.25, -0.2) is 4.39 Å². The highest BCUT2D eigenvalue weighted by Crippen LogP contribution is 2.22. The van der Waals surface area contributed by atoms with E-state index < -0.39 is 0 Å². The zero-order valence-corrected chi connectivity index (χ0v) is 9.10. The molecule has 80 valence electrons. The van der Waals surface area contributed by atoms with Gasteiger partial charge < -0.3 is 5.32 Å². The van der Waals surface area contributed by atoms with Crippen molar-refractivity contribution < 1.29 is 4.39 Å². The quantitative estimate of drug-likeness (QED) is 0.751. The van der Waals surface area contributed by atoms with Gasteiger partial charge in [0, 0.05) is 11.1 Å². The summed E-state index contributed by atoms with van der Waals surface area (Å²) in [5, 5.41) is 3.70. The van der Waals surface area contributed by atoms with Crippen LogP contribution in [-0.4, -0.2) is 6.04 Å². The van der Waals surface area contributed by atoms with Crippen LogP contribution in [0.4, 0.5) is 10.1 Å². The Morgan fingerprint density at radius 1 is 1.40 bits per heavy atom. The highest BCUT2D eigenvalue weighted by molar-refractivity contribution is 6.30. The van der Waals surface area contributed by atoms with Crippen LogP contribution in [-0.2, 0) is 0 Å². The molecule has 1 aliphatic rings. The molecule has 1 N–H and O–H groups in total.